The SMILES string of the molecule is Cn1nnnc1SCC1=CN2C(=O)C(N)(C(=O)O)C2SC1. The molecule has 2 unspecified atom stereocenters. The molecular formula is C10H12N6O3S2. The maximum absolute atomic E-state index is 11.9. The summed E-state index contributed by atoms with van der Waals surface area (Å²) < 4.78 is 1.56. The van der Waals surface area contributed by atoms with E-state index < -0.39 is 22.8 Å². The molecule has 9 nitrogen and oxygen atoms in total. The second kappa shape index (κ2) is 5.00. The molecule has 0 aliphatic carbocycles. The average Bonchev–Trinajstić information content (AvgIpc) is 2.88. The summed E-state index contributed by atoms with van der Waals surface area (Å²) in [6.45, 7) is 0. The molecule has 3 heterocycles. The monoisotopic (exact) mass is 328 g/mol. The van der Waals surface area contributed by atoms with Crippen LogP contribution in [0.15, 0.2) is 16.9 Å². The van der Waals surface area contributed by atoms with Gasteiger partial charge in [0.25, 0.3) is 5.91 Å². The van der Waals surface area contributed by atoms with E-state index in [-0.39, 0.29) is 0 Å². The smallest absolute Gasteiger partial charge is 0.336 e. The van der Waals surface area contributed by atoms with E-state index >= 15 is 0 Å². The molecule has 1 aromatic heterocycles. The first-order chi connectivity index (χ1) is 9.94. The summed E-state index contributed by atoms with van der Waals surface area (Å²) >= 11 is 2.82. The number of rotatable bonds is 4. The summed E-state index contributed by atoms with van der Waals surface area (Å²) in [5, 5.41) is 20.4. The number of tetrazole rings is 1. The number of aromatic nitrogens is 4. The molecule has 1 amide bonds. The number of aliphatic carboxylic acids is 1. The standard InChI is InChI=1S/C10H12N6O3S2/c1-15-9(12-13-14-15)21-4-5-2-16-6(17)10(11,8(18)19)7(16)20-3-5/h2,7H,3-4,11H2,1H3,(H,18,19). The molecular weight excluding hydrogens is 316 g/mol. The normalized spacial score (nSPS) is 27.9. The number of aryl methyl sites for hydroxylation is 1. The maximum Gasteiger partial charge on any atom is 0.336 e. The Kier molecular flexibility index (Phi) is 3.42. The largest absolute Gasteiger partial charge is 0.479 e. The van der Waals surface area contributed by atoms with Crippen molar-refractivity contribution < 1.29 is 14.7 Å². The molecule has 112 valence electrons. The maximum atomic E-state index is 11.9. The van der Waals surface area contributed by atoms with Gasteiger partial charge in [-0.25, -0.2) is 9.48 Å². The van der Waals surface area contributed by atoms with Gasteiger partial charge in [-0.3, -0.25) is 4.79 Å². The minimum absolute atomic E-state index is 0.534. The highest BCUT2D eigenvalue weighted by molar-refractivity contribution is 8.01. The van der Waals surface area contributed by atoms with Crippen molar-refractivity contribution in [3.63, 3.8) is 0 Å². The first-order valence-corrected chi connectivity index (χ1v) is 7.99. The lowest BCUT2D eigenvalue weighted by molar-refractivity contribution is -0.164. The lowest BCUT2D eigenvalue weighted by Gasteiger charge is -2.51. The number of hydrogen-bond acceptors (Lipinski definition) is 8. The minimum atomic E-state index is -1.80. The highest BCUT2D eigenvalue weighted by Gasteiger charge is 2.64. The Morgan fingerprint density at radius 1 is 1.71 bits per heavy atom. The van der Waals surface area contributed by atoms with Crippen LogP contribution >= 0.6 is 23.5 Å². The van der Waals surface area contributed by atoms with Crippen molar-refractivity contribution in [1.29, 1.82) is 0 Å². The highest BCUT2D eigenvalue weighted by atomic mass is 32.2. The van der Waals surface area contributed by atoms with E-state index in [0.29, 0.717) is 16.7 Å². The summed E-state index contributed by atoms with van der Waals surface area (Å²) in [7, 11) is 1.75. The summed E-state index contributed by atoms with van der Waals surface area (Å²) in [6.07, 6.45) is 1.69. The van der Waals surface area contributed by atoms with Gasteiger partial charge in [-0.1, -0.05) is 11.8 Å². The number of nitrogens with two attached hydrogens (primary N) is 1. The average molecular weight is 328 g/mol. The van der Waals surface area contributed by atoms with Crippen LogP contribution in [0.4, 0.5) is 0 Å². The molecule has 1 fully saturated rings. The van der Waals surface area contributed by atoms with E-state index in [1.54, 1.807) is 17.9 Å². The Balaban J connectivity index is 1.68. The molecule has 3 N–H and O–H groups in total. The number of carbonyl (C=O) groups excluding carboxylic acids is 1. The molecule has 0 bridgehead atoms. The molecule has 11 heteroatoms. The molecule has 1 saturated heterocycles. The van der Waals surface area contributed by atoms with Crippen LogP contribution in [0, 0.1) is 0 Å². The first-order valence-electron chi connectivity index (χ1n) is 5.96. The number of nitrogens with zero attached hydrogens (tertiary/aromatic N) is 5. The zero-order valence-corrected chi connectivity index (χ0v) is 12.6. The fourth-order valence-corrected chi connectivity index (χ4v) is 4.38. The van der Waals surface area contributed by atoms with E-state index in [2.05, 4.69) is 15.5 Å². The second-order valence-corrected chi connectivity index (χ2v) is 6.72. The van der Waals surface area contributed by atoms with Gasteiger partial charge >= 0.3 is 5.97 Å². The first kappa shape index (κ1) is 14.4. The van der Waals surface area contributed by atoms with Crippen LogP contribution in [0.1, 0.15) is 0 Å². The van der Waals surface area contributed by atoms with Gasteiger partial charge in [-0.2, -0.15) is 0 Å². The second-order valence-electron chi connectivity index (χ2n) is 4.71. The summed E-state index contributed by atoms with van der Waals surface area (Å²) in [5.74, 6) is -0.603. The van der Waals surface area contributed by atoms with Crippen LogP contribution in [0.5, 0.6) is 0 Å². The minimum Gasteiger partial charge on any atom is -0.479 e. The molecule has 0 aromatic carbocycles. The molecule has 2 atom stereocenters. The Bertz CT molecular complexity index is 646. The van der Waals surface area contributed by atoms with Crippen LogP contribution in [-0.2, 0) is 16.6 Å². The van der Waals surface area contributed by atoms with Crippen LogP contribution in [-0.4, -0.2) is 64.5 Å². The van der Waals surface area contributed by atoms with Crippen molar-refractivity contribution in [1.82, 2.24) is 25.1 Å². The highest BCUT2D eigenvalue weighted by Crippen LogP contribution is 2.42. The van der Waals surface area contributed by atoms with Crippen LogP contribution in [0.2, 0.25) is 0 Å². The van der Waals surface area contributed by atoms with Crippen molar-refractivity contribution in [2.75, 3.05) is 11.5 Å². The zero-order chi connectivity index (χ0) is 15.2. The Labute approximate surface area is 127 Å². The Hall–Kier alpha value is -1.59. The third-order valence-electron chi connectivity index (χ3n) is 3.30. The molecule has 2 aliphatic heterocycles. The van der Waals surface area contributed by atoms with Crippen LogP contribution in [0.25, 0.3) is 0 Å². The molecule has 0 spiro atoms. The van der Waals surface area contributed by atoms with Gasteiger partial charge < -0.3 is 15.7 Å². The number of fused-ring (bicyclic) bond motifs is 1. The van der Waals surface area contributed by atoms with Crippen molar-refractivity contribution >= 4 is 35.4 Å². The van der Waals surface area contributed by atoms with Crippen LogP contribution < -0.4 is 5.73 Å². The number of thioether (sulfide) groups is 2. The van der Waals surface area contributed by atoms with Gasteiger partial charge in [-0.05, 0) is 16.0 Å². The van der Waals surface area contributed by atoms with Crippen molar-refractivity contribution in [3.05, 3.63) is 11.8 Å². The number of carboxylic acids is 1. The van der Waals surface area contributed by atoms with Gasteiger partial charge in [0.15, 0.2) is 0 Å². The predicted molar refractivity (Wildman–Crippen MR) is 75.3 cm³/mol. The van der Waals surface area contributed by atoms with Gasteiger partial charge in [0.05, 0.1) is 0 Å². The van der Waals surface area contributed by atoms with Crippen molar-refractivity contribution in [3.8, 4) is 0 Å². The molecule has 21 heavy (non-hydrogen) atoms. The fourth-order valence-electron chi connectivity index (χ4n) is 2.11. The lowest BCUT2D eigenvalue weighted by atomic mass is 9.89. The number of hydrogen-bond donors (Lipinski definition) is 2. The van der Waals surface area contributed by atoms with Crippen molar-refractivity contribution in [2.24, 2.45) is 12.8 Å². The Morgan fingerprint density at radius 3 is 3.10 bits per heavy atom. The number of carboxylic acid groups (broad SMARTS) is 1. The molecule has 2 aliphatic rings. The van der Waals surface area contributed by atoms with Crippen LogP contribution in [0.3, 0.4) is 0 Å². The fraction of sp³-hybridized carbons (Fsp3) is 0.500. The quantitative estimate of drug-likeness (QED) is 0.401. The van der Waals surface area contributed by atoms with Crippen molar-refractivity contribution in [2.45, 2.75) is 16.1 Å². The number of carbonyl (C=O) groups is 2. The van der Waals surface area contributed by atoms with E-state index in [0.717, 1.165) is 5.57 Å². The summed E-state index contributed by atoms with van der Waals surface area (Å²) in [5.41, 5.74) is 4.89. The Morgan fingerprint density at radius 2 is 2.48 bits per heavy atom. The third-order valence-corrected chi connectivity index (χ3v) is 5.87. The molecule has 0 saturated carbocycles. The topological polar surface area (TPSA) is 127 Å². The van der Waals surface area contributed by atoms with Gasteiger partial charge in [0, 0.05) is 24.8 Å². The predicted octanol–water partition coefficient (Wildman–Crippen LogP) is -1.12. The molecule has 0 radical (unpaired) electrons. The van der Waals surface area contributed by atoms with Gasteiger partial charge in [0.2, 0.25) is 10.7 Å². The van der Waals surface area contributed by atoms with E-state index in [1.807, 2.05) is 0 Å². The summed E-state index contributed by atoms with van der Waals surface area (Å²) in [4.78, 5) is 24.4. The van der Waals surface area contributed by atoms with E-state index in [4.69, 9.17) is 10.8 Å². The summed E-state index contributed by atoms with van der Waals surface area (Å²) in [6, 6.07) is 0. The van der Waals surface area contributed by atoms with E-state index in [1.165, 1.54) is 28.4 Å². The molecule has 3 rings (SSSR count). The third kappa shape index (κ3) is 2.12. The van der Waals surface area contributed by atoms with Gasteiger partial charge in [-0.15, -0.1) is 16.9 Å². The van der Waals surface area contributed by atoms with Gasteiger partial charge in [0.1, 0.15) is 5.37 Å². The molecule has 1 aromatic rings. The lowest BCUT2D eigenvalue weighted by Crippen LogP contribution is -2.79. The number of amides is 1. The van der Waals surface area contributed by atoms with E-state index in [9.17, 15) is 9.59 Å². The number of β-lactam (4-membered cyclic amide) rings is 1. The zero-order valence-electron chi connectivity index (χ0n) is 11.0.